The Labute approximate surface area is 171 Å². The lowest BCUT2D eigenvalue weighted by Crippen LogP contribution is -2.46. The molecule has 1 unspecified atom stereocenters. The number of nitrogens with zero attached hydrogens (tertiary/aromatic N) is 5. The molecule has 1 atom stereocenters. The van der Waals surface area contributed by atoms with Crippen LogP contribution in [0.4, 0.5) is 0 Å². The maximum atomic E-state index is 5.94. The number of benzene rings is 1. The van der Waals surface area contributed by atoms with Gasteiger partial charge in [0.15, 0.2) is 0 Å². The molecule has 0 saturated carbocycles. The van der Waals surface area contributed by atoms with Gasteiger partial charge in [-0.1, -0.05) is 56.3 Å². The first-order valence-electron chi connectivity index (χ1n) is 10.2. The van der Waals surface area contributed by atoms with Crippen molar-refractivity contribution in [2.24, 2.45) is 0 Å². The van der Waals surface area contributed by atoms with Crippen LogP contribution < -0.4 is 0 Å². The molecule has 1 aliphatic rings. The summed E-state index contributed by atoms with van der Waals surface area (Å²) in [7, 11) is 0. The van der Waals surface area contributed by atoms with Crippen LogP contribution in [0.5, 0.6) is 0 Å². The molecule has 3 heterocycles. The van der Waals surface area contributed by atoms with Gasteiger partial charge in [0.2, 0.25) is 17.6 Å². The largest absolute Gasteiger partial charge is 0.444 e. The molecular weight excluding hydrogens is 366 g/mol. The van der Waals surface area contributed by atoms with Crippen LogP contribution in [0.2, 0.25) is 0 Å². The van der Waals surface area contributed by atoms with E-state index in [9.17, 15) is 0 Å². The molecule has 0 aliphatic carbocycles. The van der Waals surface area contributed by atoms with Crippen LogP contribution in [0.1, 0.15) is 51.3 Å². The first kappa shape index (κ1) is 19.8. The third-order valence-electron chi connectivity index (χ3n) is 5.44. The molecule has 7 nitrogen and oxygen atoms in total. The van der Waals surface area contributed by atoms with Crippen LogP contribution in [0.3, 0.4) is 0 Å². The molecule has 0 bridgehead atoms. The second-order valence-electron chi connectivity index (χ2n) is 8.68. The van der Waals surface area contributed by atoms with Gasteiger partial charge in [-0.05, 0) is 6.92 Å². The lowest BCUT2D eigenvalue weighted by Gasteiger charge is -2.36. The molecule has 0 amide bonds. The summed E-state index contributed by atoms with van der Waals surface area (Å²) in [6.07, 6.45) is 1.85. The fourth-order valence-electron chi connectivity index (χ4n) is 3.50. The van der Waals surface area contributed by atoms with Crippen molar-refractivity contribution < 1.29 is 8.94 Å². The predicted octanol–water partition coefficient (Wildman–Crippen LogP) is 3.90. The minimum absolute atomic E-state index is 0.0118. The Morgan fingerprint density at radius 3 is 2.45 bits per heavy atom. The van der Waals surface area contributed by atoms with Gasteiger partial charge in [0, 0.05) is 37.2 Å². The Morgan fingerprint density at radius 2 is 1.79 bits per heavy atom. The zero-order chi connectivity index (χ0) is 20.4. The number of oxazole rings is 1. The van der Waals surface area contributed by atoms with Gasteiger partial charge in [-0.15, -0.1) is 0 Å². The molecule has 29 heavy (non-hydrogen) atoms. The second-order valence-corrected chi connectivity index (χ2v) is 8.68. The van der Waals surface area contributed by atoms with E-state index in [-0.39, 0.29) is 11.5 Å². The Morgan fingerprint density at radius 1 is 1.07 bits per heavy atom. The van der Waals surface area contributed by atoms with Crippen molar-refractivity contribution in [2.45, 2.75) is 45.7 Å². The van der Waals surface area contributed by atoms with Crippen molar-refractivity contribution >= 4 is 0 Å². The second kappa shape index (κ2) is 8.08. The lowest BCUT2D eigenvalue weighted by molar-refractivity contribution is 0.0793. The maximum Gasteiger partial charge on any atom is 0.244 e. The van der Waals surface area contributed by atoms with E-state index in [0.717, 1.165) is 49.9 Å². The maximum absolute atomic E-state index is 5.94. The highest BCUT2D eigenvalue weighted by molar-refractivity contribution is 5.53. The Hall–Kier alpha value is -2.51. The molecule has 154 valence electrons. The van der Waals surface area contributed by atoms with E-state index >= 15 is 0 Å². The van der Waals surface area contributed by atoms with Crippen molar-refractivity contribution in [1.82, 2.24) is 24.9 Å². The Kier molecular flexibility index (Phi) is 5.52. The third-order valence-corrected chi connectivity index (χ3v) is 5.44. The van der Waals surface area contributed by atoms with E-state index in [1.807, 2.05) is 36.5 Å². The first-order valence-corrected chi connectivity index (χ1v) is 10.2. The molecule has 0 N–H and O–H groups in total. The van der Waals surface area contributed by atoms with E-state index in [4.69, 9.17) is 8.94 Å². The van der Waals surface area contributed by atoms with Gasteiger partial charge in [-0.25, -0.2) is 4.98 Å². The molecule has 2 aromatic heterocycles. The SMILES string of the molecule is CC(c1nc(-c2ccccc2)no1)N1CCN(Cc2ncc(C(C)(C)C)o2)CC1. The van der Waals surface area contributed by atoms with Gasteiger partial charge in [-0.3, -0.25) is 9.80 Å². The average molecular weight is 396 g/mol. The quantitative estimate of drug-likeness (QED) is 0.649. The van der Waals surface area contributed by atoms with Crippen molar-refractivity contribution in [3.8, 4) is 11.4 Å². The lowest BCUT2D eigenvalue weighted by atomic mass is 9.94. The predicted molar refractivity (Wildman–Crippen MR) is 110 cm³/mol. The van der Waals surface area contributed by atoms with Gasteiger partial charge in [0.05, 0.1) is 18.8 Å². The summed E-state index contributed by atoms with van der Waals surface area (Å²) in [4.78, 5) is 13.8. The monoisotopic (exact) mass is 395 g/mol. The minimum Gasteiger partial charge on any atom is -0.444 e. The highest BCUT2D eigenvalue weighted by Gasteiger charge is 2.27. The zero-order valence-corrected chi connectivity index (χ0v) is 17.6. The third kappa shape index (κ3) is 4.57. The van der Waals surface area contributed by atoms with Crippen molar-refractivity contribution in [3.05, 3.63) is 54.1 Å². The molecule has 1 aliphatic heterocycles. The van der Waals surface area contributed by atoms with Crippen molar-refractivity contribution in [1.29, 1.82) is 0 Å². The molecular formula is C22H29N5O2. The Bertz CT molecular complexity index is 920. The molecule has 1 aromatic carbocycles. The fourth-order valence-corrected chi connectivity index (χ4v) is 3.50. The molecule has 0 spiro atoms. The summed E-state index contributed by atoms with van der Waals surface area (Å²) >= 11 is 0. The summed E-state index contributed by atoms with van der Waals surface area (Å²) in [5.74, 6) is 3.04. The van der Waals surface area contributed by atoms with Gasteiger partial charge in [0.1, 0.15) is 5.76 Å². The zero-order valence-electron chi connectivity index (χ0n) is 17.6. The molecule has 1 fully saturated rings. The van der Waals surface area contributed by atoms with Crippen molar-refractivity contribution in [2.75, 3.05) is 26.2 Å². The summed E-state index contributed by atoms with van der Waals surface area (Å²) in [5.41, 5.74) is 0.960. The fraction of sp³-hybridized carbons (Fsp3) is 0.500. The molecule has 3 aromatic rings. The topological polar surface area (TPSA) is 71.4 Å². The standard InChI is InChI=1S/C22H29N5O2/c1-16(21-24-20(25-29-21)17-8-6-5-7-9-17)27-12-10-26(11-13-27)15-19-23-14-18(28-19)22(2,3)4/h5-9,14,16H,10-13,15H2,1-4H3. The van der Waals surface area contributed by atoms with Crippen LogP contribution in [-0.2, 0) is 12.0 Å². The van der Waals surface area contributed by atoms with E-state index in [1.54, 1.807) is 0 Å². The van der Waals surface area contributed by atoms with E-state index in [1.165, 1.54) is 0 Å². The molecule has 0 radical (unpaired) electrons. The summed E-state index contributed by atoms with van der Waals surface area (Å²) in [6, 6.07) is 10.0. The highest BCUT2D eigenvalue weighted by atomic mass is 16.5. The highest BCUT2D eigenvalue weighted by Crippen LogP contribution is 2.25. The van der Waals surface area contributed by atoms with Gasteiger partial charge in [0.25, 0.3) is 0 Å². The van der Waals surface area contributed by atoms with E-state index < -0.39 is 0 Å². The van der Waals surface area contributed by atoms with Crippen molar-refractivity contribution in [3.63, 3.8) is 0 Å². The molecule has 1 saturated heterocycles. The van der Waals surface area contributed by atoms with E-state index in [0.29, 0.717) is 11.7 Å². The number of aromatic nitrogens is 3. The van der Waals surface area contributed by atoms with Gasteiger partial charge in [-0.2, -0.15) is 4.98 Å². The van der Waals surface area contributed by atoms with Crippen LogP contribution >= 0.6 is 0 Å². The number of rotatable bonds is 5. The Balaban J connectivity index is 1.32. The summed E-state index contributed by atoms with van der Waals surface area (Å²) < 4.78 is 11.5. The number of piperazine rings is 1. The smallest absolute Gasteiger partial charge is 0.244 e. The van der Waals surface area contributed by atoms with Crippen LogP contribution in [0, 0.1) is 0 Å². The van der Waals surface area contributed by atoms with Gasteiger partial charge >= 0.3 is 0 Å². The van der Waals surface area contributed by atoms with E-state index in [2.05, 4.69) is 52.6 Å². The van der Waals surface area contributed by atoms with Crippen LogP contribution in [0.25, 0.3) is 11.4 Å². The molecule has 4 rings (SSSR count). The van der Waals surface area contributed by atoms with Gasteiger partial charge < -0.3 is 8.94 Å². The summed E-state index contributed by atoms with van der Waals surface area (Å²) in [5, 5.41) is 4.15. The summed E-state index contributed by atoms with van der Waals surface area (Å²) in [6.45, 7) is 13.1. The molecule has 7 heteroatoms. The normalized spacial score (nSPS) is 17.5. The first-order chi connectivity index (χ1) is 13.9. The number of hydrogen-bond acceptors (Lipinski definition) is 7. The number of hydrogen-bond donors (Lipinski definition) is 0. The van der Waals surface area contributed by atoms with Crippen LogP contribution in [0.15, 0.2) is 45.5 Å². The minimum atomic E-state index is -0.0118. The van der Waals surface area contributed by atoms with Crippen LogP contribution in [-0.4, -0.2) is 51.1 Å². The average Bonchev–Trinajstić information content (AvgIpc) is 3.38.